The highest BCUT2D eigenvalue weighted by Crippen LogP contribution is 1.87. The summed E-state index contributed by atoms with van der Waals surface area (Å²) >= 11 is 0. The van der Waals surface area contributed by atoms with Crippen LogP contribution in [-0.2, 0) is 10.0 Å². The second kappa shape index (κ2) is 3.12. The molecule has 9 heavy (non-hydrogen) atoms. The Hall–Kier alpha value is -0.160. The molecule has 56 valence electrons. The average molecular weight is 155 g/mol. The van der Waals surface area contributed by atoms with Crippen molar-refractivity contribution in [2.45, 2.75) is 19.9 Å². The van der Waals surface area contributed by atoms with E-state index >= 15 is 0 Å². The number of hydrogen-bond acceptors (Lipinski definition) is 2. The van der Waals surface area contributed by atoms with Crippen molar-refractivity contribution in [2.75, 3.05) is 6.01 Å². The molecule has 1 N–H and O–H groups in total. The zero-order valence-electron chi connectivity index (χ0n) is 5.39. The normalized spacial score (nSPS) is 12.4. The van der Waals surface area contributed by atoms with Crippen LogP contribution in [0.3, 0.4) is 0 Å². The van der Waals surface area contributed by atoms with Crippen LogP contribution in [0.15, 0.2) is 0 Å². The number of nitrogens with one attached hydrogen (secondary N) is 1. The van der Waals surface area contributed by atoms with E-state index in [0.29, 0.717) is 0 Å². The maximum absolute atomic E-state index is 11.5. The fourth-order valence-electron chi connectivity index (χ4n) is 0.391. The van der Waals surface area contributed by atoms with Gasteiger partial charge in [0.1, 0.15) is 0 Å². The quantitative estimate of drug-likeness (QED) is 0.634. The Kier molecular flexibility index (Phi) is 3.07. The second-order valence-corrected chi connectivity index (χ2v) is 3.68. The molecular weight excluding hydrogens is 145 g/mol. The lowest BCUT2D eigenvalue weighted by atomic mass is 10.4. The topological polar surface area (TPSA) is 46.2 Å². The van der Waals surface area contributed by atoms with Gasteiger partial charge in [0.05, 0.1) is 0 Å². The SMILES string of the molecule is CC(C)NS(=O)(=O)CF. The van der Waals surface area contributed by atoms with Crippen molar-refractivity contribution in [3.63, 3.8) is 0 Å². The number of hydrogen-bond donors (Lipinski definition) is 1. The molecule has 0 aliphatic rings. The molecule has 0 fully saturated rings. The van der Waals surface area contributed by atoms with E-state index in [2.05, 4.69) is 4.72 Å². The second-order valence-electron chi connectivity index (χ2n) is 2.00. The van der Waals surface area contributed by atoms with Gasteiger partial charge in [0.15, 0.2) is 0 Å². The highest BCUT2D eigenvalue weighted by Gasteiger charge is 2.09. The maximum atomic E-state index is 11.5. The minimum atomic E-state index is -3.64. The summed E-state index contributed by atoms with van der Waals surface area (Å²) in [4.78, 5) is 0. The molecule has 0 unspecified atom stereocenters. The molecule has 0 aliphatic heterocycles. The Morgan fingerprint density at radius 2 is 2.00 bits per heavy atom. The first-order chi connectivity index (χ1) is 3.98. The summed E-state index contributed by atoms with van der Waals surface area (Å²) in [5.41, 5.74) is 0. The summed E-state index contributed by atoms with van der Waals surface area (Å²) in [5.74, 6) is 0. The summed E-state index contributed by atoms with van der Waals surface area (Å²) in [5, 5.41) is 0. The van der Waals surface area contributed by atoms with Crippen LogP contribution in [0.2, 0.25) is 0 Å². The van der Waals surface area contributed by atoms with E-state index in [1.807, 2.05) is 0 Å². The molecule has 0 aromatic rings. The minimum Gasteiger partial charge on any atom is -0.232 e. The van der Waals surface area contributed by atoms with Crippen molar-refractivity contribution in [1.29, 1.82) is 0 Å². The lowest BCUT2D eigenvalue weighted by Crippen LogP contribution is -2.31. The monoisotopic (exact) mass is 155 g/mol. The zero-order valence-corrected chi connectivity index (χ0v) is 6.20. The van der Waals surface area contributed by atoms with Crippen LogP contribution in [0.5, 0.6) is 0 Å². The third-order valence-corrected chi connectivity index (χ3v) is 1.68. The molecule has 0 aromatic heterocycles. The first-order valence-corrected chi connectivity index (χ1v) is 4.19. The van der Waals surface area contributed by atoms with Gasteiger partial charge in [-0.15, -0.1) is 0 Å². The summed E-state index contributed by atoms with van der Waals surface area (Å²) < 4.78 is 34.2. The first-order valence-electron chi connectivity index (χ1n) is 2.54. The van der Waals surface area contributed by atoms with E-state index < -0.39 is 16.0 Å². The van der Waals surface area contributed by atoms with E-state index in [0.717, 1.165) is 0 Å². The third kappa shape index (κ3) is 4.35. The fraction of sp³-hybridized carbons (Fsp3) is 1.00. The van der Waals surface area contributed by atoms with Gasteiger partial charge >= 0.3 is 0 Å². The molecule has 5 heteroatoms. The third-order valence-electron chi connectivity index (χ3n) is 0.559. The first kappa shape index (κ1) is 8.84. The van der Waals surface area contributed by atoms with Crippen LogP contribution in [0, 0.1) is 0 Å². The van der Waals surface area contributed by atoms with Crippen LogP contribution in [0.4, 0.5) is 4.39 Å². The zero-order chi connectivity index (χ0) is 7.49. The van der Waals surface area contributed by atoms with Crippen LogP contribution in [0.1, 0.15) is 13.8 Å². The van der Waals surface area contributed by atoms with Gasteiger partial charge in [-0.2, -0.15) is 0 Å². The molecule has 0 aliphatic carbocycles. The summed E-state index contributed by atoms with van der Waals surface area (Å²) in [6.07, 6.45) is 0. The van der Waals surface area contributed by atoms with E-state index in [-0.39, 0.29) is 6.04 Å². The molecular formula is C4H10FNO2S. The lowest BCUT2D eigenvalue weighted by Gasteiger charge is -2.04. The minimum absolute atomic E-state index is 0.231. The number of rotatable bonds is 3. The molecule has 0 atom stereocenters. The van der Waals surface area contributed by atoms with Crippen molar-refractivity contribution in [3.05, 3.63) is 0 Å². The van der Waals surface area contributed by atoms with Gasteiger partial charge in [-0.05, 0) is 13.8 Å². The van der Waals surface area contributed by atoms with E-state index in [4.69, 9.17) is 0 Å². The predicted molar refractivity (Wildman–Crippen MR) is 33.2 cm³/mol. The molecule has 0 saturated carbocycles. The van der Waals surface area contributed by atoms with Gasteiger partial charge in [-0.1, -0.05) is 0 Å². The summed E-state index contributed by atoms with van der Waals surface area (Å²) in [6.45, 7) is 3.26. The molecule has 0 radical (unpaired) electrons. The van der Waals surface area contributed by atoms with Gasteiger partial charge in [-0.3, -0.25) is 0 Å². The molecule has 0 amide bonds. The summed E-state index contributed by atoms with van der Waals surface area (Å²) in [6, 6.07) is -1.57. The Morgan fingerprint density at radius 1 is 1.56 bits per heavy atom. The number of halogens is 1. The van der Waals surface area contributed by atoms with Gasteiger partial charge < -0.3 is 0 Å². The number of sulfonamides is 1. The highest BCUT2D eigenvalue weighted by molar-refractivity contribution is 7.89. The fourth-order valence-corrected chi connectivity index (χ4v) is 1.17. The molecule has 0 heterocycles. The summed E-state index contributed by atoms with van der Waals surface area (Å²) in [7, 11) is -3.64. The van der Waals surface area contributed by atoms with Gasteiger partial charge in [-0.25, -0.2) is 17.5 Å². The van der Waals surface area contributed by atoms with E-state index in [9.17, 15) is 12.8 Å². The van der Waals surface area contributed by atoms with E-state index in [1.54, 1.807) is 13.8 Å². The molecule has 0 aromatic carbocycles. The Labute approximate surface area is 54.3 Å². The van der Waals surface area contributed by atoms with Crippen molar-refractivity contribution < 1.29 is 12.8 Å². The maximum Gasteiger partial charge on any atom is 0.241 e. The van der Waals surface area contributed by atoms with Crippen LogP contribution >= 0.6 is 0 Å². The van der Waals surface area contributed by atoms with E-state index in [1.165, 1.54) is 0 Å². The highest BCUT2D eigenvalue weighted by atomic mass is 32.2. The van der Waals surface area contributed by atoms with Crippen LogP contribution in [-0.4, -0.2) is 20.5 Å². The largest absolute Gasteiger partial charge is 0.241 e. The van der Waals surface area contributed by atoms with Crippen molar-refractivity contribution >= 4 is 10.0 Å². The van der Waals surface area contributed by atoms with Crippen molar-refractivity contribution in [1.82, 2.24) is 4.72 Å². The van der Waals surface area contributed by atoms with Gasteiger partial charge in [0.25, 0.3) is 0 Å². The molecule has 0 bridgehead atoms. The predicted octanol–water partition coefficient (Wildman–Crippen LogP) is 0.241. The molecule has 0 rings (SSSR count). The smallest absolute Gasteiger partial charge is 0.232 e. The van der Waals surface area contributed by atoms with Crippen LogP contribution < -0.4 is 4.72 Å². The Bertz CT molecular complexity index is 163. The standard InChI is InChI=1S/C4H10FNO2S/c1-4(2)6-9(7,8)3-5/h4,6H,3H2,1-2H3. The molecule has 3 nitrogen and oxygen atoms in total. The number of alkyl halides is 1. The van der Waals surface area contributed by atoms with Gasteiger partial charge in [0.2, 0.25) is 16.0 Å². The lowest BCUT2D eigenvalue weighted by molar-refractivity contribution is 0.516. The molecule has 0 spiro atoms. The van der Waals surface area contributed by atoms with Crippen molar-refractivity contribution in [3.8, 4) is 0 Å². The van der Waals surface area contributed by atoms with Crippen molar-refractivity contribution in [2.24, 2.45) is 0 Å². The Balaban J connectivity index is 3.90. The average Bonchev–Trinajstić information content (AvgIpc) is 1.63. The van der Waals surface area contributed by atoms with Gasteiger partial charge in [0, 0.05) is 6.04 Å². The van der Waals surface area contributed by atoms with Crippen LogP contribution in [0.25, 0.3) is 0 Å². The molecule has 0 saturated heterocycles. The Morgan fingerprint density at radius 3 is 2.11 bits per heavy atom.